The summed E-state index contributed by atoms with van der Waals surface area (Å²) in [4.78, 5) is 30.3. The van der Waals surface area contributed by atoms with Gasteiger partial charge in [0.25, 0.3) is 0 Å². The summed E-state index contributed by atoms with van der Waals surface area (Å²) in [5, 5.41) is 0. The highest BCUT2D eigenvalue weighted by atomic mass is 31.2. The summed E-state index contributed by atoms with van der Waals surface area (Å²) in [6.07, 6.45) is 5.66. The first-order valence-corrected chi connectivity index (χ1v) is 10.2. The smallest absolute Gasteiger partial charge is 0.404 e. The van der Waals surface area contributed by atoms with Crippen LogP contribution in [0.2, 0.25) is 0 Å². The molecule has 1 aromatic rings. The molecule has 0 spiro atoms. The third kappa shape index (κ3) is 2.54. The number of Topliss-reactive ketones (excluding diaryl/α,β-unsaturated/α-hetero) is 1. The minimum Gasteiger partial charge on any atom is -0.404 e. The van der Waals surface area contributed by atoms with Gasteiger partial charge in [-0.25, -0.2) is 4.57 Å². The molecule has 4 rings (SSSR count). The van der Waals surface area contributed by atoms with Crippen LogP contribution in [-0.4, -0.2) is 15.6 Å². The van der Waals surface area contributed by atoms with Gasteiger partial charge in [0, 0.05) is 11.8 Å². The van der Waals surface area contributed by atoms with Crippen molar-refractivity contribution in [3.05, 3.63) is 29.3 Å². The van der Waals surface area contributed by atoms with Crippen molar-refractivity contribution < 1.29 is 23.7 Å². The number of benzene rings is 1. The van der Waals surface area contributed by atoms with E-state index in [4.69, 9.17) is 14.3 Å². The minimum absolute atomic E-state index is 0.123. The molecule has 2 fully saturated rings. The molecule has 2 saturated carbocycles. The quantitative estimate of drug-likeness (QED) is 0.797. The molecule has 4 atom stereocenters. The molecule has 0 amide bonds. The predicted molar refractivity (Wildman–Crippen MR) is 88.7 cm³/mol. The van der Waals surface area contributed by atoms with Gasteiger partial charge in [0.1, 0.15) is 11.5 Å². The van der Waals surface area contributed by atoms with Crippen LogP contribution in [0.25, 0.3) is 0 Å². The molecule has 6 heteroatoms. The summed E-state index contributed by atoms with van der Waals surface area (Å²) in [7, 11) is -4.52. The van der Waals surface area contributed by atoms with Crippen molar-refractivity contribution in [2.45, 2.75) is 51.4 Å². The fraction of sp³-hybridized carbons (Fsp3) is 0.611. The van der Waals surface area contributed by atoms with E-state index in [2.05, 4.69) is 6.92 Å². The van der Waals surface area contributed by atoms with Gasteiger partial charge in [-0.2, -0.15) is 0 Å². The first kappa shape index (κ1) is 16.3. The second-order valence-corrected chi connectivity index (χ2v) is 8.94. The maximum Gasteiger partial charge on any atom is 0.524 e. The summed E-state index contributed by atoms with van der Waals surface area (Å²) in [6, 6.07) is 5.41. The lowest BCUT2D eigenvalue weighted by Crippen LogP contribution is -2.42. The number of phosphoric ester groups is 1. The van der Waals surface area contributed by atoms with E-state index in [1.165, 1.54) is 5.56 Å². The van der Waals surface area contributed by atoms with E-state index in [1.807, 2.05) is 6.07 Å². The number of rotatable bonds is 2. The van der Waals surface area contributed by atoms with Crippen LogP contribution in [0.3, 0.4) is 0 Å². The highest BCUT2D eigenvalue weighted by molar-refractivity contribution is 7.46. The molecule has 1 aromatic carbocycles. The van der Waals surface area contributed by atoms with Crippen LogP contribution in [-0.2, 0) is 15.8 Å². The lowest BCUT2D eigenvalue weighted by atomic mass is 9.55. The monoisotopic (exact) mass is 350 g/mol. The molecule has 0 bridgehead atoms. The van der Waals surface area contributed by atoms with Crippen LogP contribution in [0, 0.1) is 17.3 Å². The highest BCUT2D eigenvalue weighted by Crippen LogP contribution is 2.59. The fourth-order valence-corrected chi connectivity index (χ4v) is 5.91. The molecule has 3 aliphatic carbocycles. The molecule has 0 aromatic heterocycles. The van der Waals surface area contributed by atoms with E-state index in [-0.39, 0.29) is 11.2 Å². The van der Waals surface area contributed by atoms with Gasteiger partial charge in [-0.3, -0.25) is 14.6 Å². The van der Waals surface area contributed by atoms with E-state index in [0.29, 0.717) is 23.5 Å². The van der Waals surface area contributed by atoms with Crippen molar-refractivity contribution in [3.8, 4) is 5.75 Å². The lowest BCUT2D eigenvalue weighted by Gasteiger charge is -2.48. The van der Waals surface area contributed by atoms with Gasteiger partial charge >= 0.3 is 7.82 Å². The third-order valence-electron chi connectivity index (χ3n) is 6.63. The molecule has 0 radical (unpaired) electrons. The zero-order valence-electron chi connectivity index (χ0n) is 13.8. The second kappa shape index (κ2) is 5.42. The summed E-state index contributed by atoms with van der Waals surface area (Å²) in [6.45, 7) is 2.16. The van der Waals surface area contributed by atoms with Crippen LogP contribution in [0.5, 0.6) is 5.75 Å². The Bertz CT molecular complexity index is 739. The fourth-order valence-electron chi connectivity index (χ4n) is 5.52. The van der Waals surface area contributed by atoms with Crippen molar-refractivity contribution in [1.82, 2.24) is 0 Å². The number of hydrogen-bond acceptors (Lipinski definition) is 3. The average molecular weight is 350 g/mol. The normalized spacial score (nSPS) is 35.1. The maximum atomic E-state index is 12.3. The zero-order chi connectivity index (χ0) is 17.1. The van der Waals surface area contributed by atoms with Crippen LogP contribution in [0.1, 0.15) is 56.1 Å². The molecule has 0 aliphatic heterocycles. The summed E-state index contributed by atoms with van der Waals surface area (Å²) in [5.74, 6) is 2.18. The van der Waals surface area contributed by atoms with Gasteiger partial charge in [-0.15, -0.1) is 0 Å². The molecule has 2 N–H and O–H groups in total. The summed E-state index contributed by atoms with van der Waals surface area (Å²) in [5.41, 5.74) is 2.29. The highest BCUT2D eigenvalue weighted by Gasteiger charge is 2.54. The van der Waals surface area contributed by atoms with Crippen molar-refractivity contribution in [2.24, 2.45) is 17.3 Å². The summed E-state index contributed by atoms with van der Waals surface area (Å²) >= 11 is 0. The third-order valence-corrected chi connectivity index (χ3v) is 7.08. The first-order chi connectivity index (χ1) is 11.3. The van der Waals surface area contributed by atoms with Crippen molar-refractivity contribution in [2.75, 3.05) is 0 Å². The minimum atomic E-state index is -4.52. The van der Waals surface area contributed by atoms with Crippen LogP contribution in [0.4, 0.5) is 0 Å². The Kier molecular flexibility index (Phi) is 3.68. The van der Waals surface area contributed by atoms with Gasteiger partial charge in [0.05, 0.1) is 0 Å². The van der Waals surface area contributed by atoms with Gasteiger partial charge in [0.2, 0.25) is 0 Å². The molecule has 130 valence electrons. The van der Waals surface area contributed by atoms with Crippen molar-refractivity contribution in [3.63, 3.8) is 0 Å². The van der Waals surface area contributed by atoms with E-state index < -0.39 is 7.82 Å². The largest absolute Gasteiger partial charge is 0.524 e. The van der Waals surface area contributed by atoms with Crippen molar-refractivity contribution >= 4 is 13.6 Å². The Balaban J connectivity index is 1.64. The Morgan fingerprint density at radius 3 is 2.75 bits per heavy atom. The Morgan fingerprint density at radius 2 is 2.00 bits per heavy atom. The molecule has 0 heterocycles. The van der Waals surface area contributed by atoms with E-state index in [1.54, 1.807) is 12.1 Å². The van der Waals surface area contributed by atoms with Crippen molar-refractivity contribution in [1.29, 1.82) is 0 Å². The number of aryl methyl sites for hydroxylation is 1. The van der Waals surface area contributed by atoms with E-state index in [9.17, 15) is 9.36 Å². The topological polar surface area (TPSA) is 83.8 Å². The Morgan fingerprint density at radius 1 is 1.21 bits per heavy atom. The van der Waals surface area contributed by atoms with Crippen LogP contribution in [0.15, 0.2) is 18.2 Å². The molecular weight excluding hydrogens is 327 g/mol. The predicted octanol–water partition coefficient (Wildman–Crippen LogP) is 3.58. The number of carbonyl (C=O) groups excluding carboxylic acids is 1. The average Bonchev–Trinajstić information content (AvgIpc) is 2.81. The van der Waals surface area contributed by atoms with Gasteiger partial charge in [-0.05, 0) is 73.1 Å². The Hall–Kier alpha value is -1.16. The Labute approximate surface area is 141 Å². The SMILES string of the molecule is C[C@@]12CC[C@@H]3c4ccc(OP(=O)(O)O)cc4CC[C@@H]3[C@@H]1CCC2=O. The number of hydrogen-bond donors (Lipinski definition) is 2. The second-order valence-electron chi connectivity index (χ2n) is 7.78. The number of phosphoric acid groups is 1. The maximum absolute atomic E-state index is 12.3. The number of carbonyl (C=O) groups is 1. The number of ketones is 1. The molecule has 3 aliphatic rings. The van der Waals surface area contributed by atoms with Gasteiger partial charge in [0.15, 0.2) is 0 Å². The number of fused-ring (bicyclic) bond motifs is 5. The van der Waals surface area contributed by atoms with Gasteiger partial charge in [-0.1, -0.05) is 13.0 Å². The van der Waals surface area contributed by atoms with E-state index in [0.717, 1.165) is 44.1 Å². The molecular formula is C18H23O5P. The van der Waals surface area contributed by atoms with E-state index >= 15 is 0 Å². The zero-order valence-corrected chi connectivity index (χ0v) is 14.7. The molecule has 24 heavy (non-hydrogen) atoms. The van der Waals surface area contributed by atoms with Crippen LogP contribution < -0.4 is 4.52 Å². The molecule has 0 saturated heterocycles. The standard InChI is InChI=1S/C18H23O5P/c1-18-9-8-14-13-5-3-12(23-24(20,21)22)10-11(13)2-4-15(14)16(18)6-7-17(18)19/h3,5,10,14-16H,2,4,6-9H2,1H3,(H2,20,21,22)/t14-,15+,16+,18-/m1/s1. The van der Waals surface area contributed by atoms with Gasteiger partial charge < -0.3 is 4.52 Å². The lowest BCUT2D eigenvalue weighted by molar-refractivity contribution is -0.129. The molecule has 5 nitrogen and oxygen atoms in total. The molecule has 0 unspecified atom stereocenters. The first-order valence-electron chi connectivity index (χ1n) is 8.69. The summed E-state index contributed by atoms with van der Waals surface area (Å²) < 4.78 is 15.8. The van der Waals surface area contributed by atoms with Crippen LogP contribution >= 0.6 is 7.82 Å².